The first-order chi connectivity index (χ1) is 15.9. The number of aliphatic hydroxyl groups excluding tert-OH is 1. The molecular formula is C26H20FN3O3. The van der Waals surface area contributed by atoms with E-state index in [1.54, 1.807) is 37.3 Å². The van der Waals surface area contributed by atoms with Crippen LogP contribution in [-0.2, 0) is 9.59 Å². The second-order valence-electron chi connectivity index (χ2n) is 8.09. The molecule has 33 heavy (non-hydrogen) atoms. The molecule has 164 valence electrons. The first kappa shape index (κ1) is 20.6. The van der Waals surface area contributed by atoms with E-state index in [0.717, 1.165) is 16.0 Å². The van der Waals surface area contributed by atoms with Crippen LogP contribution in [0, 0.1) is 19.7 Å². The van der Waals surface area contributed by atoms with Gasteiger partial charge in [0, 0.05) is 11.1 Å². The van der Waals surface area contributed by atoms with Crippen molar-refractivity contribution in [1.82, 2.24) is 9.97 Å². The molecule has 3 aromatic carbocycles. The van der Waals surface area contributed by atoms with Gasteiger partial charge in [0.25, 0.3) is 5.78 Å². The molecule has 1 atom stereocenters. The monoisotopic (exact) mass is 441 g/mol. The standard InChI is InChI=1S/C26H20FN3O3/c1-14-11-12-15(2)17(13-14)23(31)21-22(16-7-3-4-8-18(16)27)30(25(33)24(21)32)26-28-19-9-5-6-10-20(19)29-26/h3-13,22,31H,1-2H3,(H,28,29)/b23-21+. The van der Waals surface area contributed by atoms with Crippen LogP contribution in [0.15, 0.2) is 72.3 Å². The molecule has 5 rings (SSSR count). The van der Waals surface area contributed by atoms with Crippen molar-refractivity contribution in [1.29, 1.82) is 0 Å². The Morgan fingerprint density at radius 1 is 1.03 bits per heavy atom. The zero-order valence-corrected chi connectivity index (χ0v) is 18.0. The normalized spacial score (nSPS) is 17.8. The molecule has 1 fully saturated rings. The van der Waals surface area contributed by atoms with Gasteiger partial charge in [-0.3, -0.25) is 14.5 Å². The van der Waals surface area contributed by atoms with Crippen molar-refractivity contribution < 1.29 is 19.1 Å². The lowest BCUT2D eigenvalue weighted by atomic mass is 9.93. The molecule has 1 aromatic heterocycles. The van der Waals surface area contributed by atoms with Gasteiger partial charge in [0.15, 0.2) is 0 Å². The number of imidazole rings is 1. The predicted molar refractivity (Wildman–Crippen MR) is 123 cm³/mol. The van der Waals surface area contributed by atoms with E-state index in [2.05, 4.69) is 9.97 Å². The second kappa shape index (κ2) is 7.70. The molecule has 7 heteroatoms. The highest BCUT2D eigenvalue weighted by Gasteiger charge is 2.49. The average molecular weight is 441 g/mol. The highest BCUT2D eigenvalue weighted by atomic mass is 19.1. The third-order valence-corrected chi connectivity index (χ3v) is 5.90. The smallest absolute Gasteiger partial charge is 0.302 e. The van der Waals surface area contributed by atoms with Gasteiger partial charge < -0.3 is 10.1 Å². The van der Waals surface area contributed by atoms with Crippen LogP contribution in [0.4, 0.5) is 10.3 Å². The topological polar surface area (TPSA) is 86.3 Å². The Bertz CT molecular complexity index is 1440. The minimum Gasteiger partial charge on any atom is -0.507 e. The van der Waals surface area contributed by atoms with Crippen LogP contribution in [0.1, 0.15) is 28.3 Å². The fraction of sp³-hybridized carbons (Fsp3) is 0.115. The third kappa shape index (κ3) is 3.29. The second-order valence-corrected chi connectivity index (χ2v) is 8.09. The number of carbonyl (C=O) groups excluding carboxylic acids is 2. The van der Waals surface area contributed by atoms with Crippen molar-refractivity contribution >= 4 is 34.4 Å². The Hall–Kier alpha value is -4.26. The lowest BCUT2D eigenvalue weighted by Gasteiger charge is -2.23. The highest BCUT2D eigenvalue weighted by Crippen LogP contribution is 2.42. The summed E-state index contributed by atoms with van der Waals surface area (Å²) in [5.74, 6) is -2.64. The number of hydrogen-bond donors (Lipinski definition) is 2. The quantitative estimate of drug-likeness (QED) is 0.268. The number of ketones is 1. The summed E-state index contributed by atoms with van der Waals surface area (Å²) in [6.45, 7) is 3.65. The van der Waals surface area contributed by atoms with Crippen molar-refractivity contribution in [3.63, 3.8) is 0 Å². The average Bonchev–Trinajstić information content (AvgIpc) is 3.34. The van der Waals surface area contributed by atoms with Crippen LogP contribution < -0.4 is 4.90 Å². The van der Waals surface area contributed by atoms with Crippen LogP contribution in [0.2, 0.25) is 0 Å². The fourth-order valence-corrected chi connectivity index (χ4v) is 4.23. The number of rotatable bonds is 3. The number of carbonyl (C=O) groups is 2. The SMILES string of the molecule is Cc1ccc(C)c(/C(O)=C2\C(=O)C(=O)N(c3nc4ccccc4[nH]3)C2c2ccccc2F)c1. The number of amides is 1. The van der Waals surface area contributed by atoms with Crippen molar-refractivity contribution in [2.75, 3.05) is 4.90 Å². The Morgan fingerprint density at radius 2 is 1.76 bits per heavy atom. The molecule has 0 bridgehead atoms. The number of H-pyrrole nitrogens is 1. The molecule has 4 aromatic rings. The van der Waals surface area contributed by atoms with E-state index >= 15 is 0 Å². The van der Waals surface area contributed by atoms with E-state index in [1.165, 1.54) is 18.2 Å². The molecule has 0 saturated carbocycles. The summed E-state index contributed by atoms with van der Waals surface area (Å²) >= 11 is 0. The Balaban J connectivity index is 1.78. The number of aryl methyl sites for hydroxylation is 2. The van der Waals surface area contributed by atoms with Crippen molar-refractivity contribution in [2.45, 2.75) is 19.9 Å². The van der Waals surface area contributed by atoms with Crippen molar-refractivity contribution in [3.8, 4) is 0 Å². The first-order valence-corrected chi connectivity index (χ1v) is 10.4. The van der Waals surface area contributed by atoms with Gasteiger partial charge in [0.05, 0.1) is 16.6 Å². The molecular weight excluding hydrogens is 421 g/mol. The maximum atomic E-state index is 15.0. The number of nitrogens with zero attached hydrogens (tertiary/aromatic N) is 2. The highest BCUT2D eigenvalue weighted by molar-refractivity contribution is 6.51. The molecule has 1 unspecified atom stereocenters. The minimum atomic E-state index is -1.19. The van der Waals surface area contributed by atoms with Gasteiger partial charge in [-0.05, 0) is 43.7 Å². The van der Waals surface area contributed by atoms with Crippen LogP contribution in [0.3, 0.4) is 0 Å². The van der Waals surface area contributed by atoms with Gasteiger partial charge in [-0.1, -0.05) is 48.0 Å². The maximum Gasteiger partial charge on any atom is 0.302 e. The zero-order valence-electron chi connectivity index (χ0n) is 18.0. The number of nitrogens with one attached hydrogen (secondary N) is 1. The van der Waals surface area contributed by atoms with E-state index in [4.69, 9.17) is 0 Å². The van der Waals surface area contributed by atoms with Gasteiger partial charge >= 0.3 is 5.91 Å². The Morgan fingerprint density at radius 3 is 2.52 bits per heavy atom. The van der Waals surface area contributed by atoms with E-state index in [0.29, 0.717) is 16.6 Å². The van der Waals surface area contributed by atoms with Gasteiger partial charge in [-0.25, -0.2) is 9.37 Å². The van der Waals surface area contributed by atoms with Gasteiger partial charge in [-0.2, -0.15) is 0 Å². The summed E-state index contributed by atoms with van der Waals surface area (Å²) in [7, 11) is 0. The lowest BCUT2D eigenvalue weighted by molar-refractivity contribution is -0.132. The van der Waals surface area contributed by atoms with Crippen molar-refractivity contribution in [3.05, 3.63) is 100 Å². The molecule has 0 spiro atoms. The van der Waals surface area contributed by atoms with Crippen LogP contribution >= 0.6 is 0 Å². The molecule has 1 amide bonds. The van der Waals surface area contributed by atoms with Crippen molar-refractivity contribution in [2.24, 2.45) is 0 Å². The molecule has 1 saturated heterocycles. The minimum absolute atomic E-state index is 0.0870. The Kier molecular flexibility index (Phi) is 4.82. The van der Waals surface area contributed by atoms with E-state index in [9.17, 15) is 19.1 Å². The predicted octanol–water partition coefficient (Wildman–Crippen LogP) is 4.95. The summed E-state index contributed by atoms with van der Waals surface area (Å²) in [6, 6.07) is 17.3. The summed E-state index contributed by atoms with van der Waals surface area (Å²) in [6.07, 6.45) is 0. The number of halogens is 1. The summed E-state index contributed by atoms with van der Waals surface area (Å²) in [5.41, 5.74) is 3.17. The number of fused-ring (bicyclic) bond motifs is 1. The largest absolute Gasteiger partial charge is 0.507 e. The molecule has 6 nitrogen and oxygen atoms in total. The zero-order chi connectivity index (χ0) is 23.3. The number of Topliss-reactive ketones (excluding diaryl/α,β-unsaturated/α-hetero) is 1. The molecule has 1 aliphatic heterocycles. The summed E-state index contributed by atoms with van der Waals surface area (Å²) in [4.78, 5) is 35.1. The van der Waals surface area contributed by atoms with Gasteiger partial charge in [-0.15, -0.1) is 0 Å². The molecule has 0 aliphatic carbocycles. The third-order valence-electron chi connectivity index (χ3n) is 5.90. The van der Waals surface area contributed by atoms with E-state index < -0.39 is 23.5 Å². The summed E-state index contributed by atoms with van der Waals surface area (Å²) < 4.78 is 15.0. The van der Waals surface area contributed by atoms with Gasteiger partial charge in [0.2, 0.25) is 5.95 Å². The molecule has 0 radical (unpaired) electrons. The summed E-state index contributed by atoms with van der Waals surface area (Å²) in [5, 5.41) is 11.3. The fourth-order valence-electron chi connectivity index (χ4n) is 4.23. The number of hydrogen-bond acceptors (Lipinski definition) is 4. The number of aliphatic hydroxyl groups is 1. The first-order valence-electron chi connectivity index (χ1n) is 10.4. The lowest BCUT2D eigenvalue weighted by Crippen LogP contribution is -2.30. The van der Waals surface area contributed by atoms with E-state index in [-0.39, 0.29) is 22.8 Å². The molecule has 1 aliphatic rings. The van der Waals surface area contributed by atoms with Crippen LogP contribution in [-0.4, -0.2) is 26.8 Å². The van der Waals surface area contributed by atoms with Crippen LogP contribution in [0.5, 0.6) is 0 Å². The Labute approximate surface area is 189 Å². The maximum absolute atomic E-state index is 15.0. The number of aromatic nitrogens is 2. The van der Waals surface area contributed by atoms with Crippen LogP contribution in [0.25, 0.3) is 16.8 Å². The number of para-hydroxylation sites is 2. The molecule has 2 heterocycles. The number of aromatic amines is 1. The van der Waals surface area contributed by atoms with E-state index in [1.807, 2.05) is 25.1 Å². The molecule has 2 N–H and O–H groups in total. The van der Waals surface area contributed by atoms with Gasteiger partial charge in [0.1, 0.15) is 17.6 Å². The number of benzene rings is 3. The number of anilines is 1.